The van der Waals surface area contributed by atoms with Crippen LogP contribution in [0.3, 0.4) is 0 Å². The molecule has 0 bridgehead atoms. The van der Waals surface area contributed by atoms with Crippen LogP contribution in [0.2, 0.25) is 13.1 Å². The number of aryl methyl sites for hydroxylation is 1. The van der Waals surface area contributed by atoms with E-state index in [-0.39, 0.29) is 4.90 Å². The van der Waals surface area contributed by atoms with Crippen LogP contribution in [0, 0.1) is 0 Å². The van der Waals surface area contributed by atoms with Crippen molar-refractivity contribution >= 4 is 18.4 Å². The van der Waals surface area contributed by atoms with Crippen molar-refractivity contribution in [3.05, 3.63) is 42.1 Å². The summed E-state index contributed by atoms with van der Waals surface area (Å²) >= 11 is 0. The quantitative estimate of drug-likeness (QED) is 0.773. The first-order valence-corrected chi connectivity index (χ1v) is 9.88. The number of hydrogen-bond donors (Lipinski definition) is 0. The number of benzene rings is 1. The Kier molecular flexibility index (Phi) is 4.29. The van der Waals surface area contributed by atoms with Gasteiger partial charge in [-0.2, -0.15) is 8.42 Å². The van der Waals surface area contributed by atoms with E-state index < -0.39 is 18.4 Å². The molecule has 0 amide bonds. The molecule has 0 aliphatic heterocycles. The lowest BCUT2D eigenvalue weighted by atomic mass is 10.2. The first kappa shape index (κ1) is 14.1. The van der Waals surface area contributed by atoms with Crippen LogP contribution in [0.5, 0.6) is 0 Å². The number of hydrogen-bond acceptors (Lipinski definition) is 3. The summed E-state index contributed by atoms with van der Waals surface area (Å²) in [6.45, 7) is 9.21. The largest absolute Gasteiger partial charge is 0.307 e. The summed E-state index contributed by atoms with van der Waals surface area (Å²) in [7, 11) is -6.01. The predicted molar refractivity (Wildman–Crippen MR) is 71.8 cm³/mol. The Morgan fingerprint density at radius 1 is 1.29 bits per heavy atom. The summed E-state index contributed by atoms with van der Waals surface area (Å²) in [6.07, 6.45) is 0.883. The van der Waals surface area contributed by atoms with Gasteiger partial charge in [0.2, 0.25) is 8.32 Å². The zero-order valence-corrected chi connectivity index (χ0v) is 12.3. The molecule has 94 valence electrons. The Morgan fingerprint density at radius 3 is 2.24 bits per heavy atom. The third kappa shape index (κ3) is 3.80. The van der Waals surface area contributed by atoms with Crippen molar-refractivity contribution in [2.75, 3.05) is 0 Å². The van der Waals surface area contributed by atoms with E-state index in [1.165, 1.54) is 0 Å². The Labute approximate surface area is 104 Å². The standard InChI is InChI=1S/C12H18O3SSi/c1-5-11-7-9-12(10-8-11)16(13,14)15-17(3,4)6-2/h6-10H,2,5H2,1,3-4H3. The number of rotatable bonds is 5. The van der Waals surface area contributed by atoms with E-state index in [1.54, 1.807) is 43.1 Å². The highest BCUT2D eigenvalue weighted by Crippen LogP contribution is 2.19. The van der Waals surface area contributed by atoms with Crippen LogP contribution in [0.4, 0.5) is 0 Å². The van der Waals surface area contributed by atoms with Gasteiger partial charge in [-0.1, -0.05) is 24.8 Å². The van der Waals surface area contributed by atoms with Crippen molar-refractivity contribution in [3.8, 4) is 0 Å². The summed E-state index contributed by atoms with van der Waals surface area (Å²) in [5, 5.41) is 0. The van der Waals surface area contributed by atoms with Crippen molar-refractivity contribution in [1.82, 2.24) is 0 Å². The summed E-state index contributed by atoms with van der Waals surface area (Å²) in [5.74, 6) is 0. The van der Waals surface area contributed by atoms with E-state index >= 15 is 0 Å². The molecule has 0 fully saturated rings. The molecule has 0 aliphatic carbocycles. The molecule has 0 heterocycles. The van der Waals surface area contributed by atoms with Gasteiger partial charge in [-0.25, -0.2) is 0 Å². The molecule has 0 saturated carbocycles. The second kappa shape index (κ2) is 5.16. The van der Waals surface area contributed by atoms with Gasteiger partial charge in [0.25, 0.3) is 10.1 Å². The maximum atomic E-state index is 12.0. The van der Waals surface area contributed by atoms with E-state index in [0.717, 1.165) is 12.0 Å². The molecular formula is C12H18O3SSi. The molecule has 0 atom stereocenters. The molecule has 0 aliphatic rings. The minimum atomic E-state index is -3.66. The Bertz CT molecular complexity index is 489. The predicted octanol–water partition coefficient (Wildman–Crippen LogP) is 2.88. The lowest BCUT2D eigenvalue weighted by molar-refractivity contribution is 0.488. The van der Waals surface area contributed by atoms with Crippen molar-refractivity contribution in [3.63, 3.8) is 0 Å². The first-order chi connectivity index (χ1) is 7.80. The van der Waals surface area contributed by atoms with Crippen molar-refractivity contribution in [1.29, 1.82) is 0 Å². The molecule has 0 aromatic heterocycles. The highest BCUT2D eigenvalue weighted by molar-refractivity contribution is 7.87. The van der Waals surface area contributed by atoms with Crippen LogP contribution < -0.4 is 0 Å². The fourth-order valence-corrected chi connectivity index (χ4v) is 4.65. The van der Waals surface area contributed by atoms with Gasteiger partial charge in [0.1, 0.15) is 0 Å². The molecule has 0 spiro atoms. The van der Waals surface area contributed by atoms with Crippen LogP contribution in [-0.4, -0.2) is 16.7 Å². The Morgan fingerprint density at radius 2 is 1.82 bits per heavy atom. The van der Waals surface area contributed by atoms with Gasteiger partial charge in [-0.05, 0) is 37.2 Å². The summed E-state index contributed by atoms with van der Waals surface area (Å²) in [6, 6.07) is 6.78. The van der Waals surface area contributed by atoms with Crippen LogP contribution in [0.15, 0.2) is 41.4 Å². The highest BCUT2D eigenvalue weighted by Gasteiger charge is 2.27. The average molecular weight is 270 g/mol. The highest BCUT2D eigenvalue weighted by atomic mass is 32.2. The second-order valence-corrected chi connectivity index (χ2v) is 10.0. The fraction of sp³-hybridized carbons (Fsp3) is 0.333. The van der Waals surface area contributed by atoms with Gasteiger partial charge in [0.15, 0.2) is 0 Å². The van der Waals surface area contributed by atoms with Gasteiger partial charge < -0.3 is 3.87 Å². The van der Waals surface area contributed by atoms with E-state index in [9.17, 15) is 8.42 Å². The molecule has 17 heavy (non-hydrogen) atoms. The van der Waals surface area contributed by atoms with E-state index in [1.807, 2.05) is 6.92 Å². The van der Waals surface area contributed by atoms with Gasteiger partial charge in [0, 0.05) is 0 Å². The fourth-order valence-electron chi connectivity index (χ4n) is 1.26. The van der Waals surface area contributed by atoms with E-state index in [0.29, 0.717) is 0 Å². The lowest BCUT2D eigenvalue weighted by Gasteiger charge is -2.17. The van der Waals surface area contributed by atoms with E-state index in [2.05, 4.69) is 6.58 Å². The molecule has 1 aromatic rings. The Hall–Kier alpha value is -0.913. The maximum absolute atomic E-state index is 12.0. The summed E-state index contributed by atoms with van der Waals surface area (Å²) < 4.78 is 29.2. The van der Waals surface area contributed by atoms with Crippen molar-refractivity contribution in [2.45, 2.75) is 31.3 Å². The average Bonchev–Trinajstić information content (AvgIpc) is 2.28. The topological polar surface area (TPSA) is 43.4 Å². The molecule has 1 aromatic carbocycles. The minimum Gasteiger partial charge on any atom is -0.307 e. The normalized spacial score (nSPS) is 12.4. The van der Waals surface area contributed by atoms with Gasteiger partial charge in [0.05, 0.1) is 4.90 Å². The smallest absolute Gasteiger partial charge is 0.287 e. The molecule has 3 nitrogen and oxygen atoms in total. The molecule has 0 saturated heterocycles. The van der Waals surface area contributed by atoms with E-state index in [4.69, 9.17) is 3.87 Å². The molecule has 5 heteroatoms. The summed E-state index contributed by atoms with van der Waals surface area (Å²) in [4.78, 5) is 0.206. The monoisotopic (exact) mass is 270 g/mol. The van der Waals surface area contributed by atoms with Crippen LogP contribution in [0.1, 0.15) is 12.5 Å². The van der Waals surface area contributed by atoms with Crippen molar-refractivity contribution < 1.29 is 12.3 Å². The van der Waals surface area contributed by atoms with Crippen LogP contribution >= 0.6 is 0 Å². The van der Waals surface area contributed by atoms with Crippen LogP contribution in [0.25, 0.3) is 0 Å². The molecule has 0 unspecified atom stereocenters. The SMILES string of the molecule is C=C[Si](C)(C)OS(=O)(=O)c1ccc(CC)cc1. The second-order valence-electron chi connectivity index (χ2n) is 4.34. The minimum absolute atomic E-state index is 0.206. The van der Waals surface area contributed by atoms with Crippen LogP contribution in [-0.2, 0) is 20.4 Å². The molecule has 1 rings (SSSR count). The van der Waals surface area contributed by atoms with Gasteiger partial charge in [-0.15, -0.1) is 6.58 Å². The van der Waals surface area contributed by atoms with Crippen molar-refractivity contribution in [2.24, 2.45) is 0 Å². The first-order valence-electron chi connectivity index (χ1n) is 5.49. The van der Waals surface area contributed by atoms with Gasteiger partial charge in [-0.3, -0.25) is 0 Å². The molecule has 0 radical (unpaired) electrons. The molecular weight excluding hydrogens is 252 g/mol. The Balaban J connectivity index is 3.01. The maximum Gasteiger partial charge on any atom is 0.287 e. The third-order valence-electron chi connectivity index (χ3n) is 2.44. The van der Waals surface area contributed by atoms with Gasteiger partial charge >= 0.3 is 0 Å². The molecule has 0 N–H and O–H groups in total. The zero-order chi connectivity index (χ0) is 13.1. The lowest BCUT2D eigenvalue weighted by Crippen LogP contribution is -2.31. The zero-order valence-electron chi connectivity index (χ0n) is 10.4. The summed E-state index contributed by atoms with van der Waals surface area (Å²) in [5.41, 5.74) is 2.70. The third-order valence-corrected chi connectivity index (χ3v) is 6.86.